The molecule has 0 saturated heterocycles. The summed E-state index contributed by atoms with van der Waals surface area (Å²) in [7, 11) is 0. The first-order valence-electron chi connectivity index (χ1n) is 6.25. The molecule has 0 atom stereocenters. The third-order valence-corrected chi connectivity index (χ3v) is 2.90. The molecule has 4 nitrogen and oxygen atoms in total. The number of nitrogens with zero attached hydrogens (tertiary/aromatic N) is 4. The van der Waals surface area contributed by atoms with Gasteiger partial charge in [-0.2, -0.15) is 5.26 Å². The normalized spacial score (nSPS) is 9.95. The van der Waals surface area contributed by atoms with Crippen LogP contribution in [0.5, 0.6) is 0 Å². The zero-order valence-corrected chi connectivity index (χ0v) is 11.2. The van der Waals surface area contributed by atoms with Crippen molar-refractivity contribution in [2.24, 2.45) is 0 Å². The summed E-state index contributed by atoms with van der Waals surface area (Å²) in [6.45, 7) is 5.59. The smallest absolute Gasteiger partial charge is 0.130 e. The SMILES string of the molecule is CCN(Cc1ccncc1)c1cc(C#N)cc(C)n1. The highest BCUT2D eigenvalue weighted by Crippen LogP contribution is 2.17. The molecular weight excluding hydrogens is 236 g/mol. The van der Waals surface area contributed by atoms with Gasteiger partial charge in [0.05, 0.1) is 11.6 Å². The van der Waals surface area contributed by atoms with E-state index in [2.05, 4.69) is 27.9 Å². The van der Waals surface area contributed by atoms with Gasteiger partial charge >= 0.3 is 0 Å². The number of nitriles is 1. The Bertz CT molecular complexity index is 587. The molecule has 0 unspecified atom stereocenters. The molecule has 0 bridgehead atoms. The highest BCUT2D eigenvalue weighted by molar-refractivity contribution is 5.47. The molecule has 0 N–H and O–H groups in total. The molecule has 0 amide bonds. The van der Waals surface area contributed by atoms with Crippen molar-refractivity contribution in [1.82, 2.24) is 9.97 Å². The molecule has 0 saturated carbocycles. The summed E-state index contributed by atoms with van der Waals surface area (Å²) in [6, 6.07) is 9.78. The van der Waals surface area contributed by atoms with Gasteiger partial charge in [0.2, 0.25) is 0 Å². The minimum Gasteiger partial charge on any atom is -0.353 e. The van der Waals surface area contributed by atoms with Crippen LogP contribution in [0, 0.1) is 18.3 Å². The second kappa shape index (κ2) is 5.96. The fraction of sp³-hybridized carbons (Fsp3) is 0.267. The van der Waals surface area contributed by atoms with Gasteiger partial charge in [-0.15, -0.1) is 0 Å². The van der Waals surface area contributed by atoms with Gasteiger partial charge in [-0.1, -0.05) is 0 Å². The van der Waals surface area contributed by atoms with Gasteiger partial charge in [0.15, 0.2) is 0 Å². The molecule has 0 aliphatic carbocycles. The Morgan fingerprint density at radius 2 is 2.00 bits per heavy atom. The zero-order valence-electron chi connectivity index (χ0n) is 11.2. The van der Waals surface area contributed by atoms with Gasteiger partial charge in [0, 0.05) is 31.2 Å². The van der Waals surface area contributed by atoms with E-state index in [4.69, 9.17) is 5.26 Å². The van der Waals surface area contributed by atoms with Crippen molar-refractivity contribution in [2.75, 3.05) is 11.4 Å². The highest BCUT2D eigenvalue weighted by atomic mass is 15.2. The summed E-state index contributed by atoms with van der Waals surface area (Å²) in [5, 5.41) is 9.03. The quantitative estimate of drug-likeness (QED) is 0.839. The first-order chi connectivity index (χ1) is 9.22. The van der Waals surface area contributed by atoms with Crippen molar-refractivity contribution in [3.63, 3.8) is 0 Å². The fourth-order valence-electron chi connectivity index (χ4n) is 1.94. The summed E-state index contributed by atoms with van der Waals surface area (Å²) in [5.41, 5.74) is 2.69. The fourth-order valence-corrected chi connectivity index (χ4v) is 1.94. The summed E-state index contributed by atoms with van der Waals surface area (Å²) in [5.74, 6) is 0.843. The van der Waals surface area contributed by atoms with E-state index in [1.807, 2.05) is 25.1 Å². The number of aryl methyl sites for hydroxylation is 1. The van der Waals surface area contributed by atoms with Crippen LogP contribution in [0.15, 0.2) is 36.7 Å². The Kier molecular flexibility index (Phi) is 4.09. The highest BCUT2D eigenvalue weighted by Gasteiger charge is 2.08. The van der Waals surface area contributed by atoms with E-state index in [0.717, 1.165) is 24.6 Å². The molecule has 0 aliphatic heterocycles. The summed E-state index contributed by atoms with van der Waals surface area (Å²) < 4.78 is 0. The predicted octanol–water partition coefficient (Wildman–Crippen LogP) is 2.68. The average Bonchev–Trinajstić information content (AvgIpc) is 2.45. The predicted molar refractivity (Wildman–Crippen MR) is 74.7 cm³/mol. The van der Waals surface area contributed by atoms with Crippen molar-refractivity contribution >= 4 is 5.82 Å². The zero-order chi connectivity index (χ0) is 13.7. The number of rotatable bonds is 4. The third kappa shape index (κ3) is 3.29. The van der Waals surface area contributed by atoms with Crippen LogP contribution in [0.4, 0.5) is 5.82 Å². The summed E-state index contributed by atoms with van der Waals surface area (Å²) in [4.78, 5) is 10.7. The minimum atomic E-state index is 0.649. The van der Waals surface area contributed by atoms with E-state index in [0.29, 0.717) is 5.56 Å². The molecule has 0 radical (unpaired) electrons. The number of anilines is 1. The lowest BCUT2D eigenvalue weighted by atomic mass is 10.2. The first kappa shape index (κ1) is 13.0. The Morgan fingerprint density at radius 1 is 1.26 bits per heavy atom. The van der Waals surface area contributed by atoms with Crippen LogP contribution in [-0.4, -0.2) is 16.5 Å². The maximum Gasteiger partial charge on any atom is 0.130 e. The van der Waals surface area contributed by atoms with Crippen LogP contribution in [0.3, 0.4) is 0 Å². The molecule has 2 aromatic rings. The average molecular weight is 252 g/mol. The Hall–Kier alpha value is -2.41. The van der Waals surface area contributed by atoms with Gasteiger partial charge in [-0.3, -0.25) is 4.98 Å². The molecule has 4 heteroatoms. The van der Waals surface area contributed by atoms with E-state index in [9.17, 15) is 0 Å². The van der Waals surface area contributed by atoms with Crippen molar-refractivity contribution < 1.29 is 0 Å². The molecule has 0 spiro atoms. The molecule has 0 aromatic carbocycles. The van der Waals surface area contributed by atoms with Crippen molar-refractivity contribution in [2.45, 2.75) is 20.4 Å². The van der Waals surface area contributed by atoms with Crippen molar-refractivity contribution in [3.05, 3.63) is 53.5 Å². The van der Waals surface area contributed by atoms with Gasteiger partial charge in [-0.25, -0.2) is 4.98 Å². The van der Waals surface area contributed by atoms with Crippen LogP contribution >= 0.6 is 0 Å². The van der Waals surface area contributed by atoms with Crippen LogP contribution in [0.1, 0.15) is 23.7 Å². The van der Waals surface area contributed by atoms with E-state index in [1.54, 1.807) is 18.5 Å². The van der Waals surface area contributed by atoms with E-state index in [1.165, 1.54) is 5.56 Å². The standard InChI is InChI=1S/C15H16N4/c1-3-19(11-13-4-6-17-7-5-13)15-9-14(10-16)8-12(2)18-15/h4-9H,3,11H2,1-2H3. The van der Waals surface area contributed by atoms with Crippen LogP contribution < -0.4 is 4.90 Å². The van der Waals surface area contributed by atoms with E-state index >= 15 is 0 Å². The lowest BCUT2D eigenvalue weighted by Crippen LogP contribution is -2.23. The molecular formula is C15H16N4. The lowest BCUT2D eigenvalue weighted by molar-refractivity contribution is 0.809. The number of pyridine rings is 2. The molecule has 2 heterocycles. The number of aromatic nitrogens is 2. The number of hydrogen-bond donors (Lipinski definition) is 0. The summed E-state index contributed by atoms with van der Waals surface area (Å²) >= 11 is 0. The molecule has 0 aliphatic rings. The van der Waals surface area contributed by atoms with Crippen molar-refractivity contribution in [3.8, 4) is 6.07 Å². The minimum absolute atomic E-state index is 0.649. The van der Waals surface area contributed by atoms with Gasteiger partial charge < -0.3 is 4.90 Å². The monoisotopic (exact) mass is 252 g/mol. The topological polar surface area (TPSA) is 52.8 Å². The van der Waals surface area contributed by atoms with Crippen molar-refractivity contribution in [1.29, 1.82) is 5.26 Å². The Morgan fingerprint density at radius 3 is 2.63 bits per heavy atom. The van der Waals surface area contributed by atoms with Crippen LogP contribution in [0.25, 0.3) is 0 Å². The molecule has 2 aromatic heterocycles. The van der Waals surface area contributed by atoms with Crippen LogP contribution in [0.2, 0.25) is 0 Å². The molecule has 19 heavy (non-hydrogen) atoms. The molecule has 2 rings (SSSR count). The Labute approximate surface area is 113 Å². The third-order valence-electron chi connectivity index (χ3n) is 2.90. The van der Waals surface area contributed by atoms with Gasteiger partial charge in [0.1, 0.15) is 5.82 Å². The number of hydrogen-bond acceptors (Lipinski definition) is 4. The largest absolute Gasteiger partial charge is 0.353 e. The second-order valence-electron chi connectivity index (χ2n) is 4.34. The molecule has 96 valence electrons. The molecule has 0 fully saturated rings. The second-order valence-corrected chi connectivity index (χ2v) is 4.34. The van der Waals surface area contributed by atoms with Gasteiger partial charge in [0.25, 0.3) is 0 Å². The maximum atomic E-state index is 9.03. The van der Waals surface area contributed by atoms with E-state index < -0.39 is 0 Å². The maximum absolute atomic E-state index is 9.03. The Balaban J connectivity index is 2.27. The van der Waals surface area contributed by atoms with E-state index in [-0.39, 0.29) is 0 Å². The lowest BCUT2D eigenvalue weighted by Gasteiger charge is -2.22. The van der Waals surface area contributed by atoms with Crippen LogP contribution in [-0.2, 0) is 6.54 Å². The van der Waals surface area contributed by atoms with Gasteiger partial charge in [-0.05, 0) is 43.7 Å². The first-order valence-corrected chi connectivity index (χ1v) is 6.25. The summed E-state index contributed by atoms with van der Waals surface area (Å²) in [6.07, 6.45) is 3.57.